The summed E-state index contributed by atoms with van der Waals surface area (Å²) in [5.41, 5.74) is 0. The van der Waals surface area contributed by atoms with Crippen LogP contribution in [-0.4, -0.2) is 15.0 Å². The van der Waals surface area contributed by atoms with Crippen LogP contribution in [0, 0.1) is 0 Å². The number of rotatable bonds is 12. The molecule has 0 N–H and O–H groups in total. The van der Waals surface area contributed by atoms with Crippen LogP contribution in [0.2, 0.25) is 0 Å². The van der Waals surface area contributed by atoms with Gasteiger partial charge in [-0.2, -0.15) is 0 Å². The molecule has 0 fully saturated rings. The lowest BCUT2D eigenvalue weighted by atomic mass is 10.2. The van der Waals surface area contributed by atoms with E-state index in [9.17, 15) is 0 Å². The van der Waals surface area contributed by atoms with E-state index in [2.05, 4.69) is 44.3 Å². The normalized spacial score (nSPS) is 22.3. The lowest BCUT2D eigenvalue weighted by Gasteiger charge is -2.27. The van der Waals surface area contributed by atoms with Crippen molar-refractivity contribution < 1.29 is 0 Å². The molecule has 1 aliphatic rings. The Morgan fingerprint density at radius 1 is 0.810 bits per heavy atom. The van der Waals surface area contributed by atoms with Gasteiger partial charge in [-0.25, -0.2) is 0 Å². The van der Waals surface area contributed by atoms with Crippen LogP contribution < -0.4 is 0 Å². The van der Waals surface area contributed by atoms with Crippen LogP contribution in [0.4, 0.5) is 0 Å². The molecule has 1 nitrogen and oxygen atoms in total. The van der Waals surface area contributed by atoms with E-state index in [1.807, 2.05) is 0 Å². The molecule has 1 aliphatic heterocycles. The van der Waals surface area contributed by atoms with Crippen LogP contribution in [0.15, 0.2) is 4.99 Å². The average Bonchev–Trinajstić information content (AvgIpc) is 2.48. The minimum Gasteiger partial charge on any atom is -0.269 e. The standard InChI is InChI=1S/C18H35NS2/c1-4-7-10-13-16-19-17(14-11-8-5-2)21-18(20-16)15-12-9-6-3/h16,18H,4-15H2,1-3H3. The second kappa shape index (κ2) is 12.9. The highest BCUT2D eigenvalue weighted by Gasteiger charge is 2.24. The van der Waals surface area contributed by atoms with E-state index in [1.165, 1.54) is 82.1 Å². The van der Waals surface area contributed by atoms with E-state index in [4.69, 9.17) is 4.99 Å². The number of hydrogen-bond donors (Lipinski definition) is 0. The lowest BCUT2D eigenvalue weighted by molar-refractivity contribution is 0.650. The summed E-state index contributed by atoms with van der Waals surface area (Å²) in [6, 6.07) is 0. The molecule has 0 radical (unpaired) electrons. The monoisotopic (exact) mass is 329 g/mol. The number of thioether (sulfide) groups is 2. The van der Waals surface area contributed by atoms with Crippen molar-refractivity contribution in [2.24, 2.45) is 4.99 Å². The molecule has 1 rings (SSSR count). The Bertz CT molecular complexity index is 278. The zero-order chi connectivity index (χ0) is 15.3. The van der Waals surface area contributed by atoms with Crippen LogP contribution >= 0.6 is 23.5 Å². The van der Waals surface area contributed by atoms with Crippen LogP contribution in [0.1, 0.15) is 97.8 Å². The van der Waals surface area contributed by atoms with E-state index in [0.717, 1.165) is 4.58 Å². The first-order valence-corrected chi connectivity index (χ1v) is 11.0. The van der Waals surface area contributed by atoms with Gasteiger partial charge >= 0.3 is 0 Å². The Morgan fingerprint density at radius 3 is 2.10 bits per heavy atom. The first-order valence-electron chi connectivity index (χ1n) is 9.18. The summed E-state index contributed by atoms with van der Waals surface area (Å²) in [6.45, 7) is 6.87. The molecule has 124 valence electrons. The zero-order valence-electron chi connectivity index (χ0n) is 14.4. The summed E-state index contributed by atoms with van der Waals surface area (Å²) in [6.07, 6.45) is 16.0. The van der Waals surface area contributed by atoms with Gasteiger partial charge in [-0.15, -0.1) is 11.8 Å². The van der Waals surface area contributed by atoms with Crippen molar-refractivity contribution in [1.82, 2.24) is 0 Å². The highest BCUT2D eigenvalue weighted by atomic mass is 32.2. The van der Waals surface area contributed by atoms with Crippen molar-refractivity contribution >= 4 is 28.6 Å². The highest BCUT2D eigenvalue weighted by molar-refractivity contribution is 8.25. The van der Waals surface area contributed by atoms with Gasteiger partial charge in [-0.1, -0.05) is 83.9 Å². The Balaban J connectivity index is 2.43. The molecule has 3 heteroatoms. The van der Waals surface area contributed by atoms with Gasteiger partial charge in [0.2, 0.25) is 0 Å². The zero-order valence-corrected chi connectivity index (χ0v) is 16.0. The minimum atomic E-state index is 0.557. The topological polar surface area (TPSA) is 12.4 Å². The van der Waals surface area contributed by atoms with Crippen LogP contribution in [-0.2, 0) is 0 Å². The summed E-state index contributed by atoms with van der Waals surface area (Å²) in [7, 11) is 0. The van der Waals surface area contributed by atoms with E-state index in [1.54, 1.807) is 0 Å². The number of unbranched alkanes of at least 4 members (excludes halogenated alkanes) is 6. The molecule has 1 heterocycles. The molecule has 0 bridgehead atoms. The second-order valence-corrected chi connectivity index (χ2v) is 9.07. The Hall–Kier alpha value is 0.370. The molecule has 0 amide bonds. The molecule has 0 saturated carbocycles. The van der Waals surface area contributed by atoms with E-state index in [-0.39, 0.29) is 0 Å². The summed E-state index contributed by atoms with van der Waals surface area (Å²) in [5.74, 6) is 0. The van der Waals surface area contributed by atoms with Crippen molar-refractivity contribution in [2.45, 2.75) is 108 Å². The third kappa shape index (κ3) is 9.18. The molecular weight excluding hydrogens is 294 g/mol. The third-order valence-electron chi connectivity index (χ3n) is 3.96. The van der Waals surface area contributed by atoms with Gasteiger partial charge in [0, 0.05) is 0 Å². The van der Waals surface area contributed by atoms with Crippen molar-refractivity contribution in [1.29, 1.82) is 0 Å². The maximum atomic E-state index is 5.05. The summed E-state index contributed by atoms with van der Waals surface area (Å²) < 4.78 is 0.775. The fourth-order valence-corrected chi connectivity index (χ4v) is 5.80. The first kappa shape index (κ1) is 19.4. The van der Waals surface area contributed by atoms with Gasteiger partial charge in [0.25, 0.3) is 0 Å². The van der Waals surface area contributed by atoms with Gasteiger partial charge in [0.05, 0.1) is 15.0 Å². The number of aliphatic imine (C=N–C) groups is 1. The summed E-state index contributed by atoms with van der Waals surface area (Å²) >= 11 is 4.24. The molecule has 0 aliphatic carbocycles. The molecule has 2 unspecified atom stereocenters. The largest absolute Gasteiger partial charge is 0.269 e. The number of hydrogen-bond acceptors (Lipinski definition) is 3. The van der Waals surface area contributed by atoms with Crippen molar-refractivity contribution in [3.8, 4) is 0 Å². The fraction of sp³-hybridized carbons (Fsp3) is 0.944. The maximum Gasteiger partial charge on any atom is 0.0972 e. The maximum absolute atomic E-state index is 5.05. The molecule has 21 heavy (non-hydrogen) atoms. The van der Waals surface area contributed by atoms with Crippen molar-refractivity contribution in [2.75, 3.05) is 0 Å². The molecule has 2 atom stereocenters. The summed E-state index contributed by atoms with van der Waals surface area (Å²) in [5, 5.41) is 2.02. The quantitative estimate of drug-likeness (QED) is 0.349. The third-order valence-corrected chi connectivity index (χ3v) is 6.85. The van der Waals surface area contributed by atoms with Gasteiger partial charge in [-0.3, -0.25) is 4.99 Å². The number of nitrogens with zero attached hydrogens (tertiary/aromatic N) is 1. The first-order chi connectivity index (χ1) is 10.3. The predicted octanol–water partition coefficient (Wildman–Crippen LogP) is 7.26. The molecular formula is C18H35NS2. The van der Waals surface area contributed by atoms with Crippen molar-refractivity contribution in [3.05, 3.63) is 0 Å². The van der Waals surface area contributed by atoms with E-state index in [0.29, 0.717) is 5.37 Å². The Kier molecular flexibility index (Phi) is 11.9. The van der Waals surface area contributed by atoms with Gasteiger partial charge in [-0.05, 0) is 25.7 Å². The molecule has 0 aromatic heterocycles. The summed E-state index contributed by atoms with van der Waals surface area (Å²) in [4.78, 5) is 5.05. The highest BCUT2D eigenvalue weighted by Crippen LogP contribution is 2.40. The SMILES string of the molecule is CCCCCC1=NC(CCCCC)SC(CCCCC)S1. The lowest BCUT2D eigenvalue weighted by Crippen LogP contribution is -2.17. The van der Waals surface area contributed by atoms with Crippen LogP contribution in [0.5, 0.6) is 0 Å². The predicted molar refractivity (Wildman–Crippen MR) is 103 cm³/mol. The minimum absolute atomic E-state index is 0.557. The second-order valence-electron chi connectivity index (χ2n) is 6.11. The van der Waals surface area contributed by atoms with Crippen LogP contribution in [0.25, 0.3) is 0 Å². The molecule has 0 spiro atoms. The Labute approximate surface area is 141 Å². The van der Waals surface area contributed by atoms with Gasteiger partial charge < -0.3 is 0 Å². The van der Waals surface area contributed by atoms with E-state index < -0.39 is 0 Å². The smallest absolute Gasteiger partial charge is 0.0972 e. The molecule has 0 saturated heterocycles. The van der Waals surface area contributed by atoms with Crippen LogP contribution in [0.3, 0.4) is 0 Å². The molecule has 0 aromatic carbocycles. The van der Waals surface area contributed by atoms with E-state index >= 15 is 0 Å². The fourth-order valence-electron chi connectivity index (χ4n) is 2.62. The Morgan fingerprint density at radius 2 is 1.43 bits per heavy atom. The van der Waals surface area contributed by atoms with Gasteiger partial charge in [0.1, 0.15) is 0 Å². The molecule has 0 aromatic rings. The average molecular weight is 330 g/mol. The van der Waals surface area contributed by atoms with Gasteiger partial charge in [0.15, 0.2) is 0 Å². The van der Waals surface area contributed by atoms with Crippen molar-refractivity contribution in [3.63, 3.8) is 0 Å².